The largest absolute Gasteiger partial charge is 0.489 e. The Hall–Kier alpha value is -3.41. The van der Waals surface area contributed by atoms with Crippen molar-refractivity contribution in [2.75, 3.05) is 6.61 Å². The predicted molar refractivity (Wildman–Crippen MR) is 136 cm³/mol. The number of ether oxygens (including phenoxy) is 1. The number of halogens is 1. The summed E-state index contributed by atoms with van der Waals surface area (Å²) in [6.45, 7) is 8.40. The molecule has 1 fully saturated rings. The van der Waals surface area contributed by atoms with E-state index in [4.69, 9.17) is 26.7 Å². The molecule has 4 rings (SSSR count). The molecule has 0 spiro atoms. The first-order chi connectivity index (χ1) is 17.1. The number of rotatable bonds is 8. The van der Waals surface area contributed by atoms with Gasteiger partial charge in [0.25, 0.3) is 5.91 Å². The number of aliphatic hydroxyl groups is 1. The number of benzene rings is 2. The third-order valence-electron chi connectivity index (χ3n) is 6.96. The van der Waals surface area contributed by atoms with Crippen LogP contribution in [0.2, 0.25) is 5.02 Å². The lowest BCUT2D eigenvalue weighted by molar-refractivity contribution is -0.164. The number of nitrogens with one attached hydrogen (secondary N) is 1. The Morgan fingerprint density at radius 2 is 1.89 bits per heavy atom. The maximum absolute atomic E-state index is 13.1. The number of hydrogen-bond donors (Lipinski definition) is 2. The van der Waals surface area contributed by atoms with Gasteiger partial charge in [-0.15, -0.1) is 5.10 Å². The Balaban J connectivity index is 1.43. The predicted octanol–water partition coefficient (Wildman–Crippen LogP) is 4.33. The van der Waals surface area contributed by atoms with Crippen LogP contribution in [-0.2, 0) is 6.42 Å². The molecule has 8 nitrogen and oxygen atoms in total. The van der Waals surface area contributed by atoms with Gasteiger partial charge >= 0.3 is 0 Å². The number of carbonyl (C=O) groups is 1. The summed E-state index contributed by atoms with van der Waals surface area (Å²) in [4.78, 5) is 13.1. The summed E-state index contributed by atoms with van der Waals surface area (Å²) in [5.41, 5.74) is 1.87. The molecule has 1 heterocycles. The van der Waals surface area contributed by atoms with E-state index in [2.05, 4.69) is 49.4 Å². The quantitative estimate of drug-likeness (QED) is 0.469. The second kappa shape index (κ2) is 9.92. The van der Waals surface area contributed by atoms with Gasteiger partial charge in [0, 0.05) is 35.1 Å². The molecule has 1 aromatic heterocycles. The van der Waals surface area contributed by atoms with Gasteiger partial charge in [0.2, 0.25) is 0 Å². The van der Waals surface area contributed by atoms with E-state index in [9.17, 15) is 4.79 Å². The number of nitriles is 1. The third-order valence-corrected chi connectivity index (χ3v) is 7.27. The Morgan fingerprint density at radius 1 is 1.19 bits per heavy atom. The fourth-order valence-electron chi connectivity index (χ4n) is 5.38. The van der Waals surface area contributed by atoms with Gasteiger partial charge in [-0.3, -0.25) is 4.79 Å². The minimum Gasteiger partial charge on any atom is -0.489 e. The molecule has 3 aromatic rings. The maximum atomic E-state index is 13.1. The zero-order valence-electron chi connectivity index (χ0n) is 20.8. The molecule has 188 valence electrons. The Labute approximate surface area is 215 Å². The number of aryl methyl sites for hydroxylation is 1. The van der Waals surface area contributed by atoms with Gasteiger partial charge in [-0.1, -0.05) is 44.5 Å². The lowest BCUT2D eigenvalue weighted by Crippen LogP contribution is -2.74. The molecule has 2 aromatic carbocycles. The average Bonchev–Trinajstić information content (AvgIpc) is 3.33. The molecular weight excluding hydrogens is 478 g/mol. The fourth-order valence-corrected chi connectivity index (χ4v) is 5.59. The van der Waals surface area contributed by atoms with Crippen molar-refractivity contribution in [1.82, 2.24) is 20.3 Å². The molecule has 1 aliphatic rings. The van der Waals surface area contributed by atoms with Gasteiger partial charge in [0.15, 0.2) is 0 Å². The summed E-state index contributed by atoms with van der Waals surface area (Å²) < 4.78 is 7.95. The minimum atomic E-state index is -0.342. The van der Waals surface area contributed by atoms with Crippen LogP contribution in [0.4, 0.5) is 0 Å². The molecular formula is C27H30ClN5O3. The van der Waals surface area contributed by atoms with Gasteiger partial charge in [0.1, 0.15) is 17.9 Å². The van der Waals surface area contributed by atoms with E-state index in [1.165, 1.54) is 0 Å². The number of aromatic nitrogens is 3. The van der Waals surface area contributed by atoms with Crippen molar-refractivity contribution >= 4 is 17.5 Å². The normalized spacial score (nSPS) is 19.7. The van der Waals surface area contributed by atoms with E-state index in [1.807, 2.05) is 18.3 Å². The van der Waals surface area contributed by atoms with E-state index >= 15 is 0 Å². The summed E-state index contributed by atoms with van der Waals surface area (Å²) >= 11 is 6.18. The van der Waals surface area contributed by atoms with E-state index < -0.39 is 0 Å². The van der Waals surface area contributed by atoms with Crippen molar-refractivity contribution in [3.63, 3.8) is 0 Å². The summed E-state index contributed by atoms with van der Waals surface area (Å²) in [6.07, 6.45) is 2.95. The average molecular weight is 508 g/mol. The summed E-state index contributed by atoms with van der Waals surface area (Å²) in [5, 5.41) is 29.9. The fraction of sp³-hybridized carbons (Fsp3) is 0.407. The molecule has 9 heteroatoms. The topological polar surface area (TPSA) is 113 Å². The van der Waals surface area contributed by atoms with Crippen LogP contribution in [0.1, 0.15) is 55.7 Å². The molecule has 2 N–H and O–H groups in total. The zero-order valence-corrected chi connectivity index (χ0v) is 21.6. The van der Waals surface area contributed by atoms with Crippen molar-refractivity contribution in [2.24, 2.45) is 10.8 Å². The zero-order chi connectivity index (χ0) is 26.1. The van der Waals surface area contributed by atoms with Crippen molar-refractivity contribution in [3.05, 3.63) is 70.5 Å². The highest BCUT2D eigenvalue weighted by Gasteiger charge is 2.64. The number of carbonyl (C=O) groups excluding carboxylic acids is 1. The molecule has 36 heavy (non-hydrogen) atoms. The molecule has 0 aliphatic heterocycles. The number of aliphatic hydroxyl groups excluding tert-OH is 1. The van der Waals surface area contributed by atoms with Gasteiger partial charge in [0.05, 0.1) is 28.2 Å². The summed E-state index contributed by atoms with van der Waals surface area (Å²) in [7, 11) is 0. The first-order valence-electron chi connectivity index (χ1n) is 11.9. The van der Waals surface area contributed by atoms with Crippen LogP contribution in [0.3, 0.4) is 0 Å². The first-order valence-corrected chi connectivity index (χ1v) is 12.3. The standard InChI is InChI=1S/C27H30ClN5O3/c1-26(2)24(27(3,4)25(26)36-21-12-9-18(15-29)22(28)14-21)30-23(35)17-7-10-20(11-8-17)33-16-19(31-32-33)6-5-13-34/h7-12,14,16,24-25,34H,5-6,13H2,1-4H3,(H,30,35)/t24-,25-. The number of nitrogens with zero attached hydrogens (tertiary/aromatic N) is 4. The lowest BCUT2D eigenvalue weighted by atomic mass is 9.49. The summed E-state index contributed by atoms with van der Waals surface area (Å²) in [5.74, 6) is 0.438. The second-order valence-corrected chi connectivity index (χ2v) is 10.7. The molecule has 1 amide bonds. The van der Waals surface area contributed by atoms with E-state index in [0.29, 0.717) is 34.7 Å². The highest BCUT2D eigenvalue weighted by atomic mass is 35.5. The number of amides is 1. The van der Waals surface area contributed by atoms with Gasteiger partial charge < -0.3 is 15.2 Å². The van der Waals surface area contributed by atoms with Crippen LogP contribution in [0.5, 0.6) is 5.75 Å². The molecule has 0 unspecified atom stereocenters. The molecule has 0 saturated heterocycles. The van der Waals surface area contributed by atoms with Crippen LogP contribution in [0.15, 0.2) is 48.7 Å². The van der Waals surface area contributed by atoms with Crippen LogP contribution in [0, 0.1) is 22.2 Å². The van der Waals surface area contributed by atoms with Crippen molar-refractivity contribution < 1.29 is 14.6 Å². The smallest absolute Gasteiger partial charge is 0.251 e. The van der Waals surface area contributed by atoms with Crippen molar-refractivity contribution in [1.29, 1.82) is 5.26 Å². The highest BCUT2D eigenvalue weighted by Crippen LogP contribution is 2.55. The Bertz CT molecular complexity index is 1280. The van der Waals surface area contributed by atoms with Gasteiger partial charge in [-0.2, -0.15) is 5.26 Å². The summed E-state index contributed by atoms with van der Waals surface area (Å²) in [6, 6.07) is 14.2. The third kappa shape index (κ3) is 4.81. The second-order valence-electron chi connectivity index (χ2n) is 10.3. The van der Waals surface area contributed by atoms with Crippen LogP contribution in [-0.4, -0.2) is 44.8 Å². The van der Waals surface area contributed by atoms with Crippen LogP contribution < -0.4 is 10.1 Å². The first kappa shape index (κ1) is 25.7. The van der Waals surface area contributed by atoms with Crippen molar-refractivity contribution in [3.8, 4) is 17.5 Å². The van der Waals surface area contributed by atoms with E-state index in [1.54, 1.807) is 35.0 Å². The van der Waals surface area contributed by atoms with Gasteiger partial charge in [-0.25, -0.2) is 4.68 Å². The number of hydrogen-bond acceptors (Lipinski definition) is 6. The molecule has 0 radical (unpaired) electrons. The Morgan fingerprint density at radius 3 is 2.50 bits per heavy atom. The lowest BCUT2D eigenvalue weighted by Gasteiger charge is -2.63. The van der Waals surface area contributed by atoms with Crippen LogP contribution in [0.25, 0.3) is 5.69 Å². The molecule has 1 saturated carbocycles. The highest BCUT2D eigenvalue weighted by molar-refractivity contribution is 6.31. The Kier molecular flexibility index (Phi) is 7.07. The van der Waals surface area contributed by atoms with Crippen molar-refractivity contribution in [2.45, 2.75) is 52.7 Å². The van der Waals surface area contributed by atoms with E-state index in [0.717, 1.165) is 11.4 Å². The van der Waals surface area contributed by atoms with Crippen LogP contribution >= 0.6 is 11.6 Å². The maximum Gasteiger partial charge on any atom is 0.251 e. The molecule has 1 aliphatic carbocycles. The molecule has 0 atom stereocenters. The monoisotopic (exact) mass is 507 g/mol. The van der Waals surface area contributed by atoms with E-state index in [-0.39, 0.29) is 35.5 Å². The van der Waals surface area contributed by atoms with Gasteiger partial charge in [-0.05, 0) is 49.2 Å². The minimum absolute atomic E-state index is 0.113. The SMILES string of the molecule is CC1(C)[C@H](NC(=O)c2ccc(-n3cc(CCCO)nn3)cc2)C(C)(C)[C@H]1Oc1ccc(C#N)c(Cl)c1. The molecule has 0 bridgehead atoms.